The molecular formula is C20H25NO. The number of para-hydroxylation sites is 1. The van der Waals surface area contributed by atoms with E-state index in [1.807, 2.05) is 18.2 Å². The summed E-state index contributed by atoms with van der Waals surface area (Å²) in [7, 11) is 0. The molecule has 1 saturated heterocycles. The van der Waals surface area contributed by atoms with Gasteiger partial charge in [0, 0.05) is 19.5 Å². The van der Waals surface area contributed by atoms with E-state index in [1.54, 1.807) is 0 Å². The highest BCUT2D eigenvalue weighted by Crippen LogP contribution is 2.20. The molecule has 0 radical (unpaired) electrons. The van der Waals surface area contributed by atoms with Gasteiger partial charge in [-0.25, -0.2) is 0 Å². The fraction of sp³-hybridized carbons (Fsp3) is 0.400. The number of nitrogens with zero attached hydrogens (tertiary/aromatic N) is 1. The molecule has 2 heteroatoms. The van der Waals surface area contributed by atoms with Crippen molar-refractivity contribution in [1.29, 1.82) is 0 Å². The van der Waals surface area contributed by atoms with Crippen LogP contribution in [0.4, 0.5) is 0 Å². The highest BCUT2D eigenvalue weighted by molar-refractivity contribution is 5.21. The summed E-state index contributed by atoms with van der Waals surface area (Å²) < 4.78 is 6.30. The van der Waals surface area contributed by atoms with Crippen LogP contribution in [0.25, 0.3) is 0 Å². The summed E-state index contributed by atoms with van der Waals surface area (Å²) in [5.41, 5.74) is 1.39. The summed E-state index contributed by atoms with van der Waals surface area (Å²) in [6.07, 6.45) is 6.23. The zero-order valence-electron chi connectivity index (χ0n) is 13.2. The van der Waals surface area contributed by atoms with Crippen LogP contribution < -0.4 is 4.74 Å². The number of benzene rings is 2. The summed E-state index contributed by atoms with van der Waals surface area (Å²) in [5, 5.41) is 0. The number of aryl methyl sites for hydroxylation is 1. The van der Waals surface area contributed by atoms with Crippen LogP contribution in [0, 0.1) is 0 Å². The average Bonchev–Trinajstić information content (AvgIpc) is 2.61. The van der Waals surface area contributed by atoms with Crippen LogP contribution in [0.3, 0.4) is 0 Å². The van der Waals surface area contributed by atoms with Crippen molar-refractivity contribution >= 4 is 0 Å². The molecule has 3 rings (SSSR count). The molecule has 116 valence electrons. The van der Waals surface area contributed by atoms with Crippen LogP contribution in [-0.4, -0.2) is 24.2 Å². The topological polar surface area (TPSA) is 12.5 Å². The molecule has 0 spiro atoms. The molecule has 0 aliphatic carbocycles. The Balaban J connectivity index is 1.65. The summed E-state index contributed by atoms with van der Waals surface area (Å²) in [6.45, 7) is 2.32. The van der Waals surface area contributed by atoms with Crippen LogP contribution >= 0.6 is 0 Å². The Hall–Kier alpha value is -1.80. The van der Waals surface area contributed by atoms with Crippen LogP contribution in [0.5, 0.6) is 5.75 Å². The third-order valence-corrected chi connectivity index (χ3v) is 4.34. The predicted molar refractivity (Wildman–Crippen MR) is 91.0 cm³/mol. The largest absolute Gasteiger partial charge is 0.475 e. The Morgan fingerprint density at radius 3 is 2.14 bits per heavy atom. The van der Waals surface area contributed by atoms with Crippen LogP contribution in [0.1, 0.15) is 31.2 Å². The maximum absolute atomic E-state index is 6.30. The van der Waals surface area contributed by atoms with E-state index in [0.717, 1.165) is 31.7 Å². The van der Waals surface area contributed by atoms with E-state index in [0.29, 0.717) is 0 Å². The normalized spacial score (nSPS) is 17.1. The Labute approximate surface area is 133 Å². The quantitative estimate of drug-likeness (QED) is 0.777. The lowest BCUT2D eigenvalue weighted by molar-refractivity contribution is 0.00667. The molecule has 1 aliphatic heterocycles. The van der Waals surface area contributed by atoms with Gasteiger partial charge in [-0.3, -0.25) is 4.90 Å². The SMILES string of the molecule is c1ccc(CCC(Oc2ccccc2)N2CCCCC2)cc1. The predicted octanol–water partition coefficient (Wildman–Crippen LogP) is 4.51. The second kappa shape index (κ2) is 8.00. The van der Waals surface area contributed by atoms with Gasteiger partial charge in [0.1, 0.15) is 5.75 Å². The summed E-state index contributed by atoms with van der Waals surface area (Å²) in [6, 6.07) is 20.9. The van der Waals surface area contributed by atoms with Crippen LogP contribution in [-0.2, 0) is 6.42 Å². The fourth-order valence-electron chi connectivity index (χ4n) is 3.11. The lowest BCUT2D eigenvalue weighted by Crippen LogP contribution is -2.43. The maximum atomic E-state index is 6.30. The molecule has 1 fully saturated rings. The Morgan fingerprint density at radius 1 is 0.818 bits per heavy atom. The van der Waals surface area contributed by atoms with Gasteiger partial charge in [0.05, 0.1) is 0 Å². The third-order valence-electron chi connectivity index (χ3n) is 4.34. The van der Waals surface area contributed by atoms with Crippen molar-refractivity contribution in [2.24, 2.45) is 0 Å². The smallest absolute Gasteiger partial charge is 0.152 e. The monoisotopic (exact) mass is 295 g/mol. The van der Waals surface area contributed by atoms with Crippen LogP contribution in [0.2, 0.25) is 0 Å². The molecule has 0 saturated carbocycles. The van der Waals surface area contributed by atoms with Gasteiger partial charge in [0.25, 0.3) is 0 Å². The number of rotatable bonds is 6. The maximum Gasteiger partial charge on any atom is 0.152 e. The van der Waals surface area contributed by atoms with Crippen molar-refractivity contribution in [3.63, 3.8) is 0 Å². The van der Waals surface area contributed by atoms with E-state index in [1.165, 1.54) is 24.8 Å². The van der Waals surface area contributed by atoms with Gasteiger partial charge in [-0.1, -0.05) is 55.0 Å². The highest BCUT2D eigenvalue weighted by Gasteiger charge is 2.22. The lowest BCUT2D eigenvalue weighted by Gasteiger charge is -2.34. The second-order valence-electron chi connectivity index (χ2n) is 6.01. The molecule has 1 atom stereocenters. The minimum Gasteiger partial charge on any atom is -0.475 e. The molecule has 0 N–H and O–H groups in total. The standard InChI is InChI=1S/C20H25NO/c1-4-10-18(11-5-1)14-15-20(21-16-8-3-9-17-21)22-19-12-6-2-7-13-19/h1-2,4-7,10-13,20H,3,8-9,14-17H2. The zero-order chi connectivity index (χ0) is 15.0. The zero-order valence-corrected chi connectivity index (χ0v) is 13.2. The highest BCUT2D eigenvalue weighted by atomic mass is 16.5. The average molecular weight is 295 g/mol. The Bertz CT molecular complexity index is 534. The van der Waals surface area contributed by atoms with Crippen molar-refractivity contribution < 1.29 is 4.74 Å². The molecule has 2 aromatic carbocycles. The van der Waals surface area contributed by atoms with Crippen LogP contribution in [0.15, 0.2) is 60.7 Å². The first-order valence-electron chi connectivity index (χ1n) is 8.41. The first kappa shape index (κ1) is 15.1. The molecular weight excluding hydrogens is 270 g/mol. The van der Waals surface area contributed by atoms with Crippen molar-refractivity contribution in [3.8, 4) is 5.75 Å². The third kappa shape index (κ3) is 4.35. The molecule has 1 unspecified atom stereocenters. The van der Waals surface area contributed by atoms with Gasteiger partial charge >= 0.3 is 0 Å². The van der Waals surface area contributed by atoms with E-state index in [9.17, 15) is 0 Å². The molecule has 0 bridgehead atoms. The minimum atomic E-state index is 0.183. The molecule has 2 aromatic rings. The molecule has 1 aliphatic rings. The van der Waals surface area contributed by atoms with Gasteiger partial charge in [0.2, 0.25) is 0 Å². The van der Waals surface area contributed by atoms with Crippen molar-refractivity contribution in [2.45, 2.75) is 38.3 Å². The molecule has 2 nitrogen and oxygen atoms in total. The van der Waals surface area contributed by atoms with E-state index in [4.69, 9.17) is 4.74 Å². The number of likely N-dealkylation sites (tertiary alicyclic amines) is 1. The lowest BCUT2D eigenvalue weighted by atomic mass is 10.1. The number of ether oxygens (including phenoxy) is 1. The Morgan fingerprint density at radius 2 is 1.45 bits per heavy atom. The van der Waals surface area contributed by atoms with Gasteiger partial charge in [-0.15, -0.1) is 0 Å². The van der Waals surface area contributed by atoms with Crippen molar-refractivity contribution in [3.05, 3.63) is 66.2 Å². The van der Waals surface area contributed by atoms with Gasteiger partial charge in [-0.05, 0) is 37.0 Å². The summed E-state index contributed by atoms with van der Waals surface area (Å²) >= 11 is 0. The summed E-state index contributed by atoms with van der Waals surface area (Å²) in [5.74, 6) is 0.978. The van der Waals surface area contributed by atoms with E-state index >= 15 is 0 Å². The number of hydrogen-bond acceptors (Lipinski definition) is 2. The number of piperidine rings is 1. The molecule has 0 aromatic heterocycles. The van der Waals surface area contributed by atoms with Crippen molar-refractivity contribution in [2.75, 3.05) is 13.1 Å². The van der Waals surface area contributed by atoms with E-state index in [-0.39, 0.29) is 6.23 Å². The van der Waals surface area contributed by atoms with E-state index in [2.05, 4.69) is 47.4 Å². The summed E-state index contributed by atoms with van der Waals surface area (Å²) in [4.78, 5) is 2.51. The molecule has 22 heavy (non-hydrogen) atoms. The second-order valence-corrected chi connectivity index (χ2v) is 6.01. The molecule has 0 amide bonds. The number of hydrogen-bond donors (Lipinski definition) is 0. The van der Waals surface area contributed by atoms with Crippen molar-refractivity contribution in [1.82, 2.24) is 4.90 Å². The molecule has 1 heterocycles. The Kier molecular flexibility index (Phi) is 5.49. The first-order valence-corrected chi connectivity index (χ1v) is 8.41. The van der Waals surface area contributed by atoms with Gasteiger partial charge in [0.15, 0.2) is 6.23 Å². The van der Waals surface area contributed by atoms with E-state index < -0.39 is 0 Å². The van der Waals surface area contributed by atoms with Gasteiger partial charge < -0.3 is 4.74 Å². The van der Waals surface area contributed by atoms with Gasteiger partial charge in [-0.2, -0.15) is 0 Å². The minimum absolute atomic E-state index is 0.183. The fourth-order valence-corrected chi connectivity index (χ4v) is 3.11. The first-order chi connectivity index (χ1) is 10.9.